The second-order valence-corrected chi connectivity index (χ2v) is 11.8. The standard InChI is InChI=1S/C28H32F3N7O4S/c1-17-10-19(12-20(11-17)42-28(29,30)31)25-22(15-38-5-3-4-18(38)2)43-27(34-25)35-26(41)21-13-33-23(14-32-21)37-8-6-36(7-9-37)16-24(39)40/h10-14,18H,3-9,15-16H2,1-2H3,(H,39,40)(H,34,35,41)/t18-/m1/s1. The van der Waals surface area contributed by atoms with E-state index in [2.05, 4.69) is 36.8 Å². The molecular weight excluding hydrogens is 587 g/mol. The molecule has 2 aliphatic heterocycles. The Bertz CT molecular complexity index is 1460. The summed E-state index contributed by atoms with van der Waals surface area (Å²) in [5.41, 5.74) is 1.61. The van der Waals surface area contributed by atoms with Crippen molar-refractivity contribution >= 4 is 34.2 Å². The van der Waals surface area contributed by atoms with E-state index in [9.17, 15) is 22.8 Å². The molecule has 0 bridgehead atoms. The van der Waals surface area contributed by atoms with Gasteiger partial charge >= 0.3 is 12.3 Å². The smallest absolute Gasteiger partial charge is 0.480 e. The lowest BCUT2D eigenvalue weighted by Gasteiger charge is -2.34. The summed E-state index contributed by atoms with van der Waals surface area (Å²) >= 11 is 1.27. The SMILES string of the molecule is Cc1cc(OC(F)(F)F)cc(-c2nc(NC(=O)c3cnc(N4CCN(CC(=O)O)CC4)cn3)sc2CN2CCC[C@H]2C)c1. The number of carboxylic acid groups (broad SMARTS) is 1. The Morgan fingerprint density at radius 1 is 1.12 bits per heavy atom. The first-order valence-corrected chi connectivity index (χ1v) is 14.7. The minimum atomic E-state index is -4.83. The number of hydrogen-bond donors (Lipinski definition) is 2. The molecule has 1 atom stereocenters. The number of halogens is 3. The van der Waals surface area contributed by atoms with Crippen LogP contribution in [0.1, 0.15) is 40.7 Å². The Labute approximate surface area is 250 Å². The molecule has 2 aliphatic rings. The number of thiazole rings is 1. The predicted octanol–water partition coefficient (Wildman–Crippen LogP) is 4.25. The summed E-state index contributed by atoms with van der Waals surface area (Å²) in [4.78, 5) is 44.2. The molecule has 1 amide bonds. The van der Waals surface area contributed by atoms with Gasteiger partial charge in [-0.25, -0.2) is 15.0 Å². The van der Waals surface area contributed by atoms with Crippen LogP contribution in [0.4, 0.5) is 24.1 Å². The molecule has 11 nitrogen and oxygen atoms in total. The Kier molecular flexibility index (Phi) is 9.13. The van der Waals surface area contributed by atoms with E-state index in [-0.39, 0.29) is 18.0 Å². The molecule has 0 spiro atoms. The molecule has 0 aliphatic carbocycles. The van der Waals surface area contributed by atoms with E-state index in [1.807, 2.05) is 9.80 Å². The number of carboxylic acids is 1. The molecule has 43 heavy (non-hydrogen) atoms. The molecule has 2 fully saturated rings. The highest BCUT2D eigenvalue weighted by Crippen LogP contribution is 2.37. The van der Waals surface area contributed by atoms with Crippen molar-refractivity contribution in [3.8, 4) is 17.0 Å². The van der Waals surface area contributed by atoms with Crippen LogP contribution in [-0.2, 0) is 11.3 Å². The van der Waals surface area contributed by atoms with Crippen molar-refractivity contribution in [3.63, 3.8) is 0 Å². The van der Waals surface area contributed by atoms with E-state index in [4.69, 9.17) is 5.11 Å². The lowest BCUT2D eigenvalue weighted by atomic mass is 10.1. The lowest BCUT2D eigenvalue weighted by molar-refractivity contribution is -0.274. The molecule has 0 radical (unpaired) electrons. The topological polar surface area (TPSA) is 124 Å². The molecule has 2 aromatic heterocycles. The Morgan fingerprint density at radius 3 is 2.51 bits per heavy atom. The van der Waals surface area contributed by atoms with Crippen molar-refractivity contribution in [2.75, 3.05) is 49.5 Å². The average Bonchev–Trinajstić information content (AvgIpc) is 3.53. The fourth-order valence-electron chi connectivity index (χ4n) is 5.32. The number of likely N-dealkylation sites (tertiary alicyclic amines) is 1. The first kappa shape index (κ1) is 30.6. The quantitative estimate of drug-likeness (QED) is 0.359. The maximum Gasteiger partial charge on any atom is 0.573 e. The van der Waals surface area contributed by atoms with Gasteiger partial charge in [-0.3, -0.25) is 24.7 Å². The number of alkyl halides is 3. The third-order valence-electron chi connectivity index (χ3n) is 7.44. The Morgan fingerprint density at radius 2 is 1.88 bits per heavy atom. The molecule has 1 aromatic carbocycles. The van der Waals surface area contributed by atoms with Gasteiger partial charge in [0.1, 0.15) is 17.3 Å². The number of carbonyl (C=O) groups excluding carboxylic acids is 1. The summed E-state index contributed by atoms with van der Waals surface area (Å²) in [5, 5.41) is 12.0. The first-order valence-electron chi connectivity index (χ1n) is 13.9. The highest BCUT2D eigenvalue weighted by molar-refractivity contribution is 7.16. The molecule has 15 heteroatoms. The van der Waals surface area contributed by atoms with Crippen molar-refractivity contribution < 1.29 is 32.6 Å². The number of benzene rings is 1. The molecule has 3 aromatic rings. The minimum absolute atomic E-state index is 0.0117. The number of rotatable bonds is 9. The molecular formula is C28H32F3N7O4S. The van der Waals surface area contributed by atoms with Crippen molar-refractivity contribution in [2.24, 2.45) is 0 Å². The molecule has 0 unspecified atom stereocenters. The van der Waals surface area contributed by atoms with Crippen LogP contribution in [0.2, 0.25) is 0 Å². The van der Waals surface area contributed by atoms with Crippen LogP contribution in [-0.4, -0.2) is 93.4 Å². The zero-order chi connectivity index (χ0) is 30.7. The predicted molar refractivity (Wildman–Crippen MR) is 154 cm³/mol. The first-order chi connectivity index (χ1) is 20.4. The molecule has 5 rings (SSSR count). The van der Waals surface area contributed by atoms with E-state index >= 15 is 0 Å². The fourth-order valence-corrected chi connectivity index (χ4v) is 6.32. The molecule has 230 valence electrons. The van der Waals surface area contributed by atoms with E-state index in [1.165, 1.54) is 35.9 Å². The van der Waals surface area contributed by atoms with Gasteiger partial charge in [-0.1, -0.05) is 11.3 Å². The summed E-state index contributed by atoms with van der Waals surface area (Å²) in [7, 11) is 0. The highest BCUT2D eigenvalue weighted by atomic mass is 32.1. The molecule has 2 saturated heterocycles. The van der Waals surface area contributed by atoms with Gasteiger partial charge in [0.2, 0.25) is 0 Å². The number of aromatic nitrogens is 3. The Balaban J connectivity index is 1.33. The van der Waals surface area contributed by atoms with Crippen molar-refractivity contribution in [2.45, 2.75) is 45.6 Å². The van der Waals surface area contributed by atoms with Crippen molar-refractivity contribution in [1.29, 1.82) is 0 Å². The van der Waals surface area contributed by atoms with Crippen LogP contribution >= 0.6 is 11.3 Å². The van der Waals surface area contributed by atoms with Crippen LogP contribution in [0.25, 0.3) is 11.3 Å². The number of carbonyl (C=O) groups is 2. The number of amides is 1. The third kappa shape index (κ3) is 7.97. The van der Waals surface area contributed by atoms with Crippen molar-refractivity contribution in [3.05, 3.63) is 46.7 Å². The zero-order valence-electron chi connectivity index (χ0n) is 23.7. The van der Waals surface area contributed by atoms with E-state index in [1.54, 1.807) is 13.0 Å². The third-order valence-corrected chi connectivity index (χ3v) is 8.39. The highest BCUT2D eigenvalue weighted by Gasteiger charge is 2.32. The second-order valence-electron chi connectivity index (χ2n) is 10.7. The number of nitrogens with one attached hydrogen (secondary N) is 1. The Hall–Kier alpha value is -3.82. The van der Waals surface area contributed by atoms with Gasteiger partial charge in [-0.15, -0.1) is 13.2 Å². The van der Waals surface area contributed by atoms with Crippen molar-refractivity contribution in [1.82, 2.24) is 24.8 Å². The summed E-state index contributed by atoms with van der Waals surface area (Å²) in [6, 6.07) is 4.71. The van der Waals surface area contributed by atoms with Gasteiger partial charge in [0, 0.05) is 49.2 Å². The largest absolute Gasteiger partial charge is 0.573 e. The lowest BCUT2D eigenvalue weighted by Crippen LogP contribution is -2.48. The summed E-state index contributed by atoms with van der Waals surface area (Å²) in [6.45, 7) is 7.57. The number of piperazine rings is 1. The van der Waals surface area contributed by atoms with Gasteiger partial charge < -0.3 is 14.7 Å². The van der Waals surface area contributed by atoms with Gasteiger partial charge in [0.05, 0.1) is 24.6 Å². The number of ether oxygens (including phenoxy) is 1. The van der Waals surface area contributed by atoms with E-state index < -0.39 is 18.2 Å². The molecule has 0 saturated carbocycles. The number of anilines is 2. The maximum atomic E-state index is 13.1. The maximum absolute atomic E-state index is 13.1. The van der Waals surface area contributed by atoms with Crippen LogP contribution in [0.3, 0.4) is 0 Å². The number of aliphatic carboxylic acids is 1. The second kappa shape index (κ2) is 12.8. The summed E-state index contributed by atoms with van der Waals surface area (Å²) < 4.78 is 43.1. The van der Waals surface area contributed by atoms with Crippen LogP contribution in [0.5, 0.6) is 5.75 Å². The number of aryl methyl sites for hydroxylation is 1. The molecule has 2 N–H and O–H groups in total. The van der Waals surface area contributed by atoms with Gasteiger partial charge in [-0.05, 0) is 57.0 Å². The zero-order valence-corrected chi connectivity index (χ0v) is 24.5. The fraction of sp³-hybridized carbons (Fsp3) is 0.464. The van der Waals surface area contributed by atoms with E-state index in [0.29, 0.717) is 66.5 Å². The number of nitrogens with zero attached hydrogens (tertiary/aromatic N) is 6. The van der Waals surface area contributed by atoms with Crippen LogP contribution in [0.15, 0.2) is 30.6 Å². The van der Waals surface area contributed by atoms with Gasteiger partial charge in [0.25, 0.3) is 5.91 Å². The average molecular weight is 620 g/mol. The van der Waals surface area contributed by atoms with Gasteiger partial charge in [0.15, 0.2) is 5.13 Å². The van der Waals surface area contributed by atoms with Crippen LogP contribution < -0.4 is 15.0 Å². The van der Waals surface area contributed by atoms with Crippen LogP contribution in [0, 0.1) is 6.92 Å². The summed E-state index contributed by atoms with van der Waals surface area (Å²) in [6.07, 6.45) is 0.157. The van der Waals surface area contributed by atoms with Gasteiger partial charge in [-0.2, -0.15) is 0 Å². The molecule has 4 heterocycles. The minimum Gasteiger partial charge on any atom is -0.480 e. The normalized spacial score (nSPS) is 18.2. The summed E-state index contributed by atoms with van der Waals surface area (Å²) in [5.74, 6) is -1.13. The van der Waals surface area contributed by atoms with E-state index in [0.717, 1.165) is 24.3 Å². The monoisotopic (exact) mass is 619 g/mol. The number of hydrogen-bond acceptors (Lipinski definition) is 10.